The number of nitrogens with two attached hydrogens (primary N) is 1. The molecule has 0 saturated heterocycles. The Balaban J connectivity index is 2.24. The molecule has 2 N–H and O–H groups in total. The lowest BCUT2D eigenvalue weighted by atomic mass is 10.1. The van der Waals surface area contributed by atoms with Gasteiger partial charge in [-0.15, -0.1) is 0 Å². The molecule has 0 bridgehead atoms. The van der Waals surface area contributed by atoms with Crippen molar-refractivity contribution in [2.45, 2.75) is 25.9 Å². The molecule has 1 aromatic heterocycles. The lowest BCUT2D eigenvalue weighted by Gasteiger charge is -2.10. The van der Waals surface area contributed by atoms with Crippen LogP contribution in [0.4, 0.5) is 0 Å². The second kappa shape index (κ2) is 5.47. The number of hydrogen-bond donors (Lipinski definition) is 1. The van der Waals surface area contributed by atoms with Crippen molar-refractivity contribution < 1.29 is 0 Å². The number of nitrogens with zero attached hydrogens (tertiary/aromatic N) is 2. The Morgan fingerprint density at radius 2 is 2.29 bits per heavy atom. The monoisotopic (exact) mass is 293 g/mol. The molecule has 3 nitrogen and oxygen atoms in total. The average molecular weight is 294 g/mol. The molecule has 2 aromatic rings. The van der Waals surface area contributed by atoms with Gasteiger partial charge in [0.2, 0.25) is 0 Å². The number of halogens is 1. The summed E-state index contributed by atoms with van der Waals surface area (Å²) < 4.78 is 3.22. The van der Waals surface area contributed by atoms with Crippen LogP contribution in [-0.4, -0.2) is 15.6 Å². The molecule has 90 valence electrons. The maximum Gasteiger partial charge on any atom is 0.0950 e. The first kappa shape index (κ1) is 12.3. The zero-order valence-corrected chi connectivity index (χ0v) is 11.4. The number of aromatic nitrogens is 2. The van der Waals surface area contributed by atoms with Crippen molar-refractivity contribution >= 4 is 15.9 Å². The van der Waals surface area contributed by atoms with Crippen molar-refractivity contribution in [1.82, 2.24) is 9.55 Å². The summed E-state index contributed by atoms with van der Waals surface area (Å²) in [7, 11) is 0. The average Bonchev–Trinajstić information content (AvgIpc) is 2.74. The van der Waals surface area contributed by atoms with Crippen molar-refractivity contribution in [2.24, 2.45) is 5.73 Å². The molecule has 0 amide bonds. The van der Waals surface area contributed by atoms with Crippen LogP contribution in [0, 0.1) is 0 Å². The number of rotatable bonds is 4. The standard InChI is InChI=1S/C13H16BrN3/c1-10(15)5-6-17-9-16-8-13(17)11-3-2-4-12(14)7-11/h2-4,7-10H,5-6,15H2,1H3. The predicted molar refractivity (Wildman–Crippen MR) is 73.6 cm³/mol. The Labute approximate surface area is 110 Å². The zero-order valence-electron chi connectivity index (χ0n) is 9.81. The summed E-state index contributed by atoms with van der Waals surface area (Å²) in [5.41, 5.74) is 8.08. The molecule has 17 heavy (non-hydrogen) atoms. The topological polar surface area (TPSA) is 43.8 Å². The highest BCUT2D eigenvalue weighted by atomic mass is 79.9. The van der Waals surface area contributed by atoms with Crippen LogP contribution >= 0.6 is 15.9 Å². The first-order chi connectivity index (χ1) is 8.16. The van der Waals surface area contributed by atoms with Crippen LogP contribution in [0.2, 0.25) is 0 Å². The molecule has 0 aliphatic rings. The van der Waals surface area contributed by atoms with Gasteiger partial charge >= 0.3 is 0 Å². The second-order valence-electron chi connectivity index (χ2n) is 4.25. The maximum atomic E-state index is 5.78. The van der Waals surface area contributed by atoms with E-state index in [2.05, 4.69) is 37.6 Å². The van der Waals surface area contributed by atoms with Crippen molar-refractivity contribution in [2.75, 3.05) is 0 Å². The number of benzene rings is 1. The Hall–Kier alpha value is -1.13. The normalized spacial score (nSPS) is 12.6. The van der Waals surface area contributed by atoms with Crippen LogP contribution in [-0.2, 0) is 6.54 Å². The fraction of sp³-hybridized carbons (Fsp3) is 0.308. The van der Waals surface area contributed by atoms with Crippen LogP contribution in [0.3, 0.4) is 0 Å². The summed E-state index contributed by atoms with van der Waals surface area (Å²) in [5.74, 6) is 0. The highest BCUT2D eigenvalue weighted by molar-refractivity contribution is 9.10. The highest BCUT2D eigenvalue weighted by Crippen LogP contribution is 2.22. The van der Waals surface area contributed by atoms with Gasteiger partial charge in [0.05, 0.1) is 18.2 Å². The molecule has 1 heterocycles. The summed E-state index contributed by atoms with van der Waals surface area (Å²) in [6.45, 7) is 2.93. The highest BCUT2D eigenvalue weighted by Gasteiger charge is 2.06. The molecule has 0 aliphatic heterocycles. The van der Waals surface area contributed by atoms with E-state index in [1.54, 1.807) is 0 Å². The van der Waals surface area contributed by atoms with Crippen molar-refractivity contribution in [1.29, 1.82) is 0 Å². The lowest BCUT2D eigenvalue weighted by Crippen LogP contribution is -2.17. The zero-order chi connectivity index (χ0) is 12.3. The van der Waals surface area contributed by atoms with Gasteiger partial charge in [-0.2, -0.15) is 0 Å². The van der Waals surface area contributed by atoms with E-state index in [0.29, 0.717) is 0 Å². The molecular formula is C13H16BrN3. The molecule has 4 heteroatoms. The Morgan fingerprint density at radius 3 is 3.00 bits per heavy atom. The minimum atomic E-state index is 0.216. The Morgan fingerprint density at radius 1 is 1.47 bits per heavy atom. The van der Waals surface area contributed by atoms with Gasteiger partial charge in [-0.1, -0.05) is 28.1 Å². The van der Waals surface area contributed by atoms with Gasteiger partial charge in [-0.25, -0.2) is 4.98 Å². The fourth-order valence-corrected chi connectivity index (χ4v) is 2.13. The molecule has 2 rings (SSSR count). The molecular weight excluding hydrogens is 278 g/mol. The maximum absolute atomic E-state index is 5.78. The summed E-state index contributed by atoms with van der Waals surface area (Å²) in [5, 5.41) is 0. The Kier molecular flexibility index (Phi) is 3.97. The summed E-state index contributed by atoms with van der Waals surface area (Å²) in [6.07, 6.45) is 4.71. The van der Waals surface area contributed by atoms with Gasteiger partial charge in [-0.3, -0.25) is 0 Å². The van der Waals surface area contributed by atoms with E-state index in [1.165, 1.54) is 5.56 Å². The van der Waals surface area contributed by atoms with Gasteiger partial charge in [0.1, 0.15) is 0 Å². The van der Waals surface area contributed by atoms with Crippen LogP contribution in [0.5, 0.6) is 0 Å². The van der Waals surface area contributed by atoms with Gasteiger partial charge in [-0.05, 0) is 25.5 Å². The second-order valence-corrected chi connectivity index (χ2v) is 5.16. The predicted octanol–water partition coefficient (Wildman–Crippen LogP) is 3.05. The first-order valence-corrected chi connectivity index (χ1v) is 6.48. The molecule has 1 unspecified atom stereocenters. The third-order valence-electron chi connectivity index (χ3n) is 2.66. The smallest absolute Gasteiger partial charge is 0.0950 e. The van der Waals surface area contributed by atoms with E-state index in [1.807, 2.05) is 31.6 Å². The van der Waals surface area contributed by atoms with Crippen molar-refractivity contribution in [3.8, 4) is 11.3 Å². The largest absolute Gasteiger partial charge is 0.331 e. The van der Waals surface area contributed by atoms with Crippen molar-refractivity contribution in [3.05, 3.63) is 41.3 Å². The van der Waals surface area contributed by atoms with E-state index >= 15 is 0 Å². The molecule has 0 spiro atoms. The third kappa shape index (κ3) is 3.17. The molecule has 1 atom stereocenters. The van der Waals surface area contributed by atoms with E-state index < -0.39 is 0 Å². The third-order valence-corrected chi connectivity index (χ3v) is 3.15. The fourth-order valence-electron chi connectivity index (χ4n) is 1.73. The van der Waals surface area contributed by atoms with E-state index in [4.69, 9.17) is 5.73 Å². The summed E-state index contributed by atoms with van der Waals surface area (Å²) in [4.78, 5) is 4.21. The molecule has 0 saturated carbocycles. The van der Waals surface area contributed by atoms with Gasteiger partial charge < -0.3 is 10.3 Å². The van der Waals surface area contributed by atoms with E-state index in [9.17, 15) is 0 Å². The van der Waals surface area contributed by atoms with Crippen LogP contribution in [0.15, 0.2) is 41.3 Å². The molecule has 0 fully saturated rings. The molecule has 1 aromatic carbocycles. The van der Waals surface area contributed by atoms with Gasteiger partial charge in [0.15, 0.2) is 0 Å². The number of hydrogen-bond acceptors (Lipinski definition) is 2. The van der Waals surface area contributed by atoms with E-state index in [0.717, 1.165) is 23.1 Å². The molecule has 0 aliphatic carbocycles. The lowest BCUT2D eigenvalue weighted by molar-refractivity contribution is 0.573. The van der Waals surface area contributed by atoms with Gasteiger partial charge in [0.25, 0.3) is 0 Å². The van der Waals surface area contributed by atoms with Crippen LogP contribution < -0.4 is 5.73 Å². The van der Waals surface area contributed by atoms with Gasteiger partial charge in [0, 0.05) is 22.6 Å². The van der Waals surface area contributed by atoms with Crippen LogP contribution in [0.25, 0.3) is 11.3 Å². The SMILES string of the molecule is CC(N)CCn1cncc1-c1cccc(Br)c1. The van der Waals surface area contributed by atoms with E-state index in [-0.39, 0.29) is 6.04 Å². The minimum absolute atomic E-state index is 0.216. The number of aryl methyl sites for hydroxylation is 1. The quantitative estimate of drug-likeness (QED) is 0.942. The first-order valence-electron chi connectivity index (χ1n) is 5.68. The summed E-state index contributed by atoms with van der Waals surface area (Å²) in [6, 6.07) is 8.45. The minimum Gasteiger partial charge on any atom is -0.331 e. The van der Waals surface area contributed by atoms with Crippen molar-refractivity contribution in [3.63, 3.8) is 0 Å². The molecule has 0 radical (unpaired) electrons. The number of imidazole rings is 1. The van der Waals surface area contributed by atoms with Crippen LogP contribution in [0.1, 0.15) is 13.3 Å². The summed E-state index contributed by atoms with van der Waals surface area (Å²) >= 11 is 3.48. The Bertz CT molecular complexity index is 491.